The Kier molecular flexibility index (Phi) is 6.25. The van der Waals surface area contributed by atoms with Gasteiger partial charge in [-0.1, -0.05) is 54.6 Å². The van der Waals surface area contributed by atoms with E-state index in [1.54, 1.807) is 18.4 Å². The van der Waals surface area contributed by atoms with Crippen molar-refractivity contribution in [1.82, 2.24) is 16.0 Å². The van der Waals surface area contributed by atoms with E-state index in [0.29, 0.717) is 25.1 Å². The van der Waals surface area contributed by atoms with Crippen LogP contribution in [0, 0.1) is 0 Å². The number of amides is 2. The quantitative estimate of drug-likeness (QED) is 0.566. The number of carbonyl (C=O) groups is 2. The fourth-order valence-corrected chi connectivity index (χ4v) is 3.68. The van der Waals surface area contributed by atoms with E-state index >= 15 is 0 Å². The second-order valence-electron chi connectivity index (χ2n) is 7.45. The summed E-state index contributed by atoms with van der Waals surface area (Å²) in [5, 5.41) is 9.09. The first kappa shape index (κ1) is 19.9. The normalized spacial score (nSPS) is 16.3. The monoisotopic (exact) mass is 403 g/mol. The lowest BCUT2D eigenvalue weighted by Crippen LogP contribution is -2.54. The largest absolute Gasteiger partial charge is 0.467 e. The maximum atomic E-state index is 13.0. The van der Waals surface area contributed by atoms with Crippen LogP contribution in [-0.4, -0.2) is 23.9 Å². The Morgan fingerprint density at radius 3 is 2.53 bits per heavy atom. The molecule has 0 radical (unpaired) electrons. The minimum absolute atomic E-state index is 0.168. The van der Waals surface area contributed by atoms with Crippen LogP contribution in [0.3, 0.4) is 0 Å². The van der Waals surface area contributed by atoms with Gasteiger partial charge in [0.1, 0.15) is 11.8 Å². The average molecular weight is 403 g/mol. The van der Waals surface area contributed by atoms with E-state index in [4.69, 9.17) is 4.42 Å². The molecule has 0 fully saturated rings. The number of hydrogen-bond donors (Lipinski definition) is 3. The van der Waals surface area contributed by atoms with Crippen molar-refractivity contribution in [1.29, 1.82) is 0 Å². The summed E-state index contributed by atoms with van der Waals surface area (Å²) >= 11 is 0. The van der Waals surface area contributed by atoms with E-state index in [9.17, 15) is 9.59 Å². The Morgan fingerprint density at radius 1 is 1.00 bits per heavy atom. The van der Waals surface area contributed by atoms with Crippen LogP contribution in [0.5, 0.6) is 0 Å². The third-order valence-electron chi connectivity index (χ3n) is 5.33. The minimum Gasteiger partial charge on any atom is -0.467 e. The molecule has 1 aromatic heterocycles. The molecular formula is C24H25N3O3. The van der Waals surface area contributed by atoms with Gasteiger partial charge in [-0.2, -0.15) is 0 Å². The van der Waals surface area contributed by atoms with Gasteiger partial charge in [0, 0.05) is 13.0 Å². The third-order valence-corrected chi connectivity index (χ3v) is 5.33. The molecule has 1 aliphatic rings. The third kappa shape index (κ3) is 4.96. The van der Waals surface area contributed by atoms with Crippen molar-refractivity contribution in [3.63, 3.8) is 0 Å². The van der Waals surface area contributed by atoms with E-state index < -0.39 is 6.04 Å². The highest BCUT2D eigenvalue weighted by molar-refractivity contribution is 5.90. The second-order valence-corrected chi connectivity index (χ2v) is 7.45. The van der Waals surface area contributed by atoms with Gasteiger partial charge < -0.3 is 20.4 Å². The summed E-state index contributed by atoms with van der Waals surface area (Å²) in [6.07, 6.45) is 2.59. The summed E-state index contributed by atoms with van der Waals surface area (Å²) < 4.78 is 5.28. The van der Waals surface area contributed by atoms with Gasteiger partial charge in [-0.15, -0.1) is 0 Å². The van der Waals surface area contributed by atoms with E-state index in [1.807, 2.05) is 48.5 Å². The SMILES string of the molecule is O=C(NC(Cc1ccccc1)C(=O)NCc1ccco1)C1Cc2ccccc2CN1. The standard InChI is InChI=1S/C24H25N3O3/c28-23(26-16-20-11-6-12-30-20)22(13-17-7-2-1-3-8-17)27-24(29)21-14-18-9-4-5-10-19(18)15-25-21/h1-12,21-22,25H,13-16H2,(H,26,28)(H,27,29). The average Bonchev–Trinajstić information content (AvgIpc) is 3.31. The number of carbonyl (C=O) groups excluding carboxylic acids is 2. The first-order valence-corrected chi connectivity index (χ1v) is 10.1. The van der Waals surface area contributed by atoms with Crippen LogP contribution in [0.15, 0.2) is 77.4 Å². The molecule has 4 rings (SSSR count). The molecule has 0 aliphatic carbocycles. The van der Waals surface area contributed by atoms with Crippen molar-refractivity contribution in [2.45, 2.75) is 38.0 Å². The van der Waals surface area contributed by atoms with Crippen LogP contribution in [0.1, 0.15) is 22.5 Å². The number of benzene rings is 2. The smallest absolute Gasteiger partial charge is 0.243 e. The zero-order valence-electron chi connectivity index (χ0n) is 16.6. The van der Waals surface area contributed by atoms with E-state index in [1.165, 1.54) is 11.1 Å². The molecule has 2 atom stereocenters. The number of nitrogens with one attached hydrogen (secondary N) is 3. The molecule has 6 nitrogen and oxygen atoms in total. The Balaban J connectivity index is 1.43. The molecule has 30 heavy (non-hydrogen) atoms. The maximum Gasteiger partial charge on any atom is 0.243 e. The van der Waals surface area contributed by atoms with E-state index in [-0.39, 0.29) is 24.4 Å². The van der Waals surface area contributed by atoms with Crippen LogP contribution in [0.25, 0.3) is 0 Å². The highest BCUT2D eigenvalue weighted by atomic mass is 16.3. The molecule has 2 aromatic carbocycles. The van der Waals surface area contributed by atoms with Crippen LogP contribution in [0.2, 0.25) is 0 Å². The molecule has 2 heterocycles. The number of fused-ring (bicyclic) bond motifs is 1. The van der Waals surface area contributed by atoms with Gasteiger partial charge in [0.2, 0.25) is 11.8 Å². The highest BCUT2D eigenvalue weighted by Crippen LogP contribution is 2.16. The molecular weight excluding hydrogens is 378 g/mol. The first-order valence-electron chi connectivity index (χ1n) is 10.1. The molecule has 3 aromatic rings. The van der Waals surface area contributed by atoms with Crippen LogP contribution >= 0.6 is 0 Å². The van der Waals surface area contributed by atoms with Crippen molar-refractivity contribution >= 4 is 11.8 Å². The molecule has 1 aliphatic heterocycles. The van der Waals surface area contributed by atoms with Crippen molar-refractivity contribution in [3.8, 4) is 0 Å². The molecule has 6 heteroatoms. The zero-order chi connectivity index (χ0) is 20.8. The van der Waals surface area contributed by atoms with E-state index in [2.05, 4.69) is 22.0 Å². The zero-order valence-corrected chi connectivity index (χ0v) is 16.6. The molecule has 2 amide bonds. The Labute approximate surface area is 175 Å². The lowest BCUT2D eigenvalue weighted by atomic mass is 9.95. The summed E-state index contributed by atoms with van der Waals surface area (Å²) in [5.41, 5.74) is 3.36. The molecule has 0 saturated heterocycles. The number of rotatable bonds is 7. The second kappa shape index (κ2) is 9.41. The summed E-state index contributed by atoms with van der Waals surface area (Å²) in [5.74, 6) is 0.261. The summed E-state index contributed by atoms with van der Waals surface area (Å²) in [7, 11) is 0. The predicted molar refractivity (Wildman–Crippen MR) is 113 cm³/mol. The fraction of sp³-hybridized carbons (Fsp3) is 0.250. The van der Waals surface area contributed by atoms with Crippen LogP contribution in [0.4, 0.5) is 0 Å². The molecule has 0 bridgehead atoms. The van der Waals surface area contributed by atoms with Crippen molar-refractivity contribution in [2.24, 2.45) is 0 Å². The molecule has 3 N–H and O–H groups in total. The maximum absolute atomic E-state index is 13.0. The summed E-state index contributed by atoms with van der Waals surface area (Å²) in [6, 6.07) is 20.3. The van der Waals surface area contributed by atoms with Gasteiger partial charge >= 0.3 is 0 Å². The summed E-state index contributed by atoms with van der Waals surface area (Å²) in [6.45, 7) is 0.921. The molecule has 2 unspecified atom stereocenters. The Morgan fingerprint density at radius 2 is 1.77 bits per heavy atom. The lowest BCUT2D eigenvalue weighted by molar-refractivity contribution is -0.130. The Hall–Kier alpha value is -3.38. The Bertz CT molecular complexity index is 986. The number of hydrogen-bond acceptors (Lipinski definition) is 4. The van der Waals surface area contributed by atoms with Crippen LogP contribution < -0.4 is 16.0 Å². The minimum atomic E-state index is -0.672. The topological polar surface area (TPSA) is 83.4 Å². The first-order chi connectivity index (χ1) is 14.7. The van der Waals surface area contributed by atoms with Gasteiger partial charge in [0.25, 0.3) is 0 Å². The van der Waals surface area contributed by atoms with Gasteiger partial charge in [0.05, 0.1) is 18.8 Å². The van der Waals surface area contributed by atoms with E-state index in [0.717, 1.165) is 5.56 Å². The van der Waals surface area contributed by atoms with Gasteiger partial charge in [-0.05, 0) is 35.2 Å². The van der Waals surface area contributed by atoms with Crippen molar-refractivity contribution < 1.29 is 14.0 Å². The molecule has 0 spiro atoms. The predicted octanol–water partition coefficient (Wildman–Crippen LogP) is 2.34. The lowest BCUT2D eigenvalue weighted by Gasteiger charge is -2.27. The summed E-state index contributed by atoms with van der Waals surface area (Å²) in [4.78, 5) is 25.8. The number of furan rings is 1. The highest BCUT2D eigenvalue weighted by Gasteiger charge is 2.28. The van der Waals surface area contributed by atoms with Gasteiger partial charge in [-0.25, -0.2) is 0 Å². The molecule has 154 valence electrons. The van der Waals surface area contributed by atoms with Crippen molar-refractivity contribution in [2.75, 3.05) is 0 Å². The van der Waals surface area contributed by atoms with Crippen LogP contribution in [-0.2, 0) is 35.5 Å². The fourth-order valence-electron chi connectivity index (χ4n) is 3.68. The molecule has 0 saturated carbocycles. The van der Waals surface area contributed by atoms with Crippen molar-refractivity contribution in [3.05, 3.63) is 95.4 Å². The van der Waals surface area contributed by atoms with Gasteiger partial charge in [-0.3, -0.25) is 9.59 Å². The van der Waals surface area contributed by atoms with Gasteiger partial charge in [0.15, 0.2) is 0 Å².